The van der Waals surface area contributed by atoms with E-state index in [9.17, 15) is 5.11 Å². The summed E-state index contributed by atoms with van der Waals surface area (Å²) < 4.78 is 11.0. The quantitative estimate of drug-likeness (QED) is 0.640. The first-order chi connectivity index (χ1) is 7.76. The van der Waals surface area contributed by atoms with Crippen LogP contribution >= 0.6 is 0 Å². The van der Waals surface area contributed by atoms with Crippen molar-refractivity contribution in [3.63, 3.8) is 0 Å². The molecular formula is C12H25NO3. The molecule has 0 radical (unpaired) electrons. The summed E-state index contributed by atoms with van der Waals surface area (Å²) in [6.07, 6.45) is 4.39. The summed E-state index contributed by atoms with van der Waals surface area (Å²) in [5.41, 5.74) is -0.130. The molecule has 0 saturated heterocycles. The van der Waals surface area contributed by atoms with Crippen LogP contribution in [-0.2, 0) is 9.47 Å². The summed E-state index contributed by atoms with van der Waals surface area (Å²) in [6.45, 7) is 4.24. The lowest BCUT2D eigenvalue weighted by Crippen LogP contribution is -2.51. The Hall–Kier alpha value is -0.160. The molecule has 1 fully saturated rings. The van der Waals surface area contributed by atoms with Gasteiger partial charge in [0.1, 0.15) is 0 Å². The van der Waals surface area contributed by atoms with Gasteiger partial charge in [-0.1, -0.05) is 0 Å². The van der Waals surface area contributed by atoms with Crippen molar-refractivity contribution in [2.24, 2.45) is 0 Å². The van der Waals surface area contributed by atoms with Crippen LogP contribution in [0.5, 0.6) is 0 Å². The zero-order valence-corrected chi connectivity index (χ0v) is 10.5. The molecule has 96 valence electrons. The van der Waals surface area contributed by atoms with E-state index in [4.69, 9.17) is 9.47 Å². The van der Waals surface area contributed by atoms with Crippen LogP contribution in [0.4, 0.5) is 0 Å². The fourth-order valence-corrected chi connectivity index (χ4v) is 2.32. The molecular weight excluding hydrogens is 206 g/mol. The minimum atomic E-state index is -0.130. The van der Waals surface area contributed by atoms with Gasteiger partial charge in [0.25, 0.3) is 0 Å². The molecule has 0 heterocycles. The molecule has 1 aliphatic carbocycles. The smallest absolute Gasteiger partial charge is 0.0704 e. The second kappa shape index (κ2) is 7.22. The zero-order valence-electron chi connectivity index (χ0n) is 10.5. The average Bonchev–Trinajstić information content (AvgIpc) is 2.35. The lowest BCUT2D eigenvalue weighted by molar-refractivity contribution is -0.0351. The van der Waals surface area contributed by atoms with Gasteiger partial charge in [0.15, 0.2) is 0 Å². The topological polar surface area (TPSA) is 50.7 Å². The molecule has 1 aliphatic rings. The summed E-state index contributed by atoms with van der Waals surface area (Å²) in [5.74, 6) is 0. The van der Waals surface area contributed by atoms with E-state index >= 15 is 0 Å². The van der Waals surface area contributed by atoms with E-state index < -0.39 is 0 Å². The summed E-state index contributed by atoms with van der Waals surface area (Å²) >= 11 is 0. The van der Waals surface area contributed by atoms with Crippen molar-refractivity contribution in [1.29, 1.82) is 0 Å². The molecule has 16 heavy (non-hydrogen) atoms. The Kier molecular flexibility index (Phi) is 6.28. The van der Waals surface area contributed by atoms with Crippen molar-refractivity contribution >= 4 is 0 Å². The molecule has 0 spiro atoms. The molecule has 1 saturated carbocycles. The van der Waals surface area contributed by atoms with Crippen LogP contribution in [0.2, 0.25) is 0 Å². The van der Waals surface area contributed by atoms with E-state index in [0.717, 1.165) is 32.3 Å². The number of aliphatic hydroxyl groups excluding tert-OH is 1. The molecule has 2 N–H and O–H groups in total. The van der Waals surface area contributed by atoms with Crippen LogP contribution < -0.4 is 5.32 Å². The Morgan fingerprint density at radius 2 is 2.25 bits per heavy atom. The molecule has 0 bridgehead atoms. The van der Waals surface area contributed by atoms with E-state index in [1.807, 2.05) is 14.0 Å². The van der Waals surface area contributed by atoms with Crippen molar-refractivity contribution in [2.45, 2.75) is 44.2 Å². The van der Waals surface area contributed by atoms with Crippen molar-refractivity contribution in [3.8, 4) is 0 Å². The van der Waals surface area contributed by atoms with Crippen LogP contribution in [0, 0.1) is 0 Å². The maximum absolute atomic E-state index is 9.43. The van der Waals surface area contributed by atoms with Gasteiger partial charge in [0.05, 0.1) is 25.9 Å². The molecule has 0 aliphatic heterocycles. The Balaban J connectivity index is 2.27. The second-order valence-electron chi connectivity index (χ2n) is 4.47. The number of aliphatic hydroxyl groups is 1. The van der Waals surface area contributed by atoms with Crippen LogP contribution in [0.3, 0.4) is 0 Å². The normalized spacial score (nSPS) is 30.6. The van der Waals surface area contributed by atoms with E-state index in [-0.39, 0.29) is 18.2 Å². The first kappa shape index (κ1) is 13.9. The number of rotatable bonds is 7. The molecule has 2 atom stereocenters. The third-order valence-corrected chi connectivity index (χ3v) is 3.42. The van der Waals surface area contributed by atoms with Crippen molar-refractivity contribution in [3.05, 3.63) is 0 Å². The minimum absolute atomic E-state index is 0.130. The second-order valence-corrected chi connectivity index (χ2v) is 4.47. The highest BCUT2D eigenvalue weighted by Crippen LogP contribution is 2.29. The van der Waals surface area contributed by atoms with Gasteiger partial charge in [0, 0.05) is 12.1 Å². The average molecular weight is 231 g/mol. The third-order valence-electron chi connectivity index (χ3n) is 3.42. The van der Waals surface area contributed by atoms with Gasteiger partial charge < -0.3 is 19.9 Å². The van der Waals surface area contributed by atoms with Crippen molar-refractivity contribution < 1.29 is 14.6 Å². The standard InChI is InChI=1S/C12H25NO3/c1-3-15-7-8-16-11-5-4-6-12(9-11,10-14)13-2/h11,13-14H,3-10H2,1-2H3. The highest BCUT2D eigenvalue weighted by atomic mass is 16.5. The molecule has 0 aromatic heterocycles. The Morgan fingerprint density at radius 1 is 1.44 bits per heavy atom. The molecule has 2 unspecified atom stereocenters. The molecule has 0 aromatic rings. The number of nitrogens with one attached hydrogen (secondary N) is 1. The Morgan fingerprint density at radius 3 is 2.88 bits per heavy atom. The molecule has 4 heteroatoms. The Bertz CT molecular complexity index is 183. The lowest BCUT2D eigenvalue weighted by Gasteiger charge is -2.39. The number of likely N-dealkylation sites (N-methyl/N-ethyl adjacent to an activating group) is 1. The first-order valence-corrected chi connectivity index (χ1v) is 6.25. The SMILES string of the molecule is CCOCCOC1CCCC(CO)(NC)C1. The summed E-state index contributed by atoms with van der Waals surface area (Å²) in [7, 11) is 1.92. The van der Waals surface area contributed by atoms with Gasteiger partial charge >= 0.3 is 0 Å². The molecule has 4 nitrogen and oxygen atoms in total. The number of ether oxygens (including phenoxy) is 2. The van der Waals surface area contributed by atoms with Crippen molar-refractivity contribution in [1.82, 2.24) is 5.32 Å². The highest BCUT2D eigenvalue weighted by molar-refractivity contribution is 4.92. The predicted octanol–water partition coefficient (Wildman–Crippen LogP) is 0.933. The summed E-state index contributed by atoms with van der Waals surface area (Å²) in [4.78, 5) is 0. The van der Waals surface area contributed by atoms with E-state index in [1.54, 1.807) is 0 Å². The van der Waals surface area contributed by atoms with Gasteiger partial charge in [-0.05, 0) is 39.7 Å². The molecule has 0 aromatic carbocycles. The van der Waals surface area contributed by atoms with Gasteiger partial charge in [-0.3, -0.25) is 0 Å². The maximum atomic E-state index is 9.43. The van der Waals surface area contributed by atoms with Crippen molar-refractivity contribution in [2.75, 3.05) is 33.5 Å². The Labute approximate surface area is 98.3 Å². The van der Waals surface area contributed by atoms with E-state index in [0.29, 0.717) is 13.2 Å². The lowest BCUT2D eigenvalue weighted by atomic mass is 9.81. The fourth-order valence-electron chi connectivity index (χ4n) is 2.32. The minimum Gasteiger partial charge on any atom is -0.394 e. The fraction of sp³-hybridized carbons (Fsp3) is 1.00. The molecule has 0 amide bonds. The monoisotopic (exact) mass is 231 g/mol. The highest BCUT2D eigenvalue weighted by Gasteiger charge is 2.34. The summed E-state index contributed by atoms with van der Waals surface area (Å²) in [5, 5.41) is 12.7. The number of hydrogen-bond acceptors (Lipinski definition) is 4. The van der Waals surface area contributed by atoms with Crippen LogP contribution in [-0.4, -0.2) is 50.2 Å². The largest absolute Gasteiger partial charge is 0.394 e. The third kappa shape index (κ3) is 4.01. The van der Waals surface area contributed by atoms with Gasteiger partial charge in [-0.15, -0.1) is 0 Å². The van der Waals surface area contributed by atoms with E-state index in [1.165, 1.54) is 0 Å². The maximum Gasteiger partial charge on any atom is 0.0704 e. The van der Waals surface area contributed by atoms with Gasteiger partial charge in [0.2, 0.25) is 0 Å². The van der Waals surface area contributed by atoms with Crippen LogP contribution in [0.1, 0.15) is 32.6 Å². The zero-order chi connectivity index (χ0) is 11.9. The van der Waals surface area contributed by atoms with E-state index in [2.05, 4.69) is 5.32 Å². The van der Waals surface area contributed by atoms with Crippen LogP contribution in [0.25, 0.3) is 0 Å². The van der Waals surface area contributed by atoms with Crippen LogP contribution in [0.15, 0.2) is 0 Å². The predicted molar refractivity (Wildman–Crippen MR) is 63.6 cm³/mol. The van der Waals surface area contributed by atoms with Gasteiger partial charge in [-0.25, -0.2) is 0 Å². The first-order valence-electron chi connectivity index (χ1n) is 6.25. The number of hydrogen-bond donors (Lipinski definition) is 2. The summed E-state index contributed by atoms with van der Waals surface area (Å²) in [6, 6.07) is 0. The van der Waals surface area contributed by atoms with Gasteiger partial charge in [-0.2, -0.15) is 0 Å². The molecule has 1 rings (SSSR count).